The van der Waals surface area contributed by atoms with Crippen LogP contribution >= 0.6 is 24.6 Å². The Balaban J connectivity index is 2.29. The van der Waals surface area contributed by atoms with Crippen LogP contribution in [0.2, 0.25) is 0 Å². The third-order valence-electron chi connectivity index (χ3n) is 2.52. The first-order valence-electron chi connectivity index (χ1n) is 4.89. The average Bonchev–Trinajstić information content (AvgIpc) is 2.15. The van der Waals surface area contributed by atoms with E-state index in [0.717, 1.165) is 17.7 Å². The summed E-state index contributed by atoms with van der Waals surface area (Å²) in [7, 11) is 0. The van der Waals surface area contributed by atoms with Crippen LogP contribution in [0.5, 0.6) is 0 Å². The molecule has 3 heteroatoms. The highest BCUT2D eigenvalue weighted by molar-refractivity contribution is 8.07. The molecule has 1 aliphatic carbocycles. The first kappa shape index (κ1) is 10.7. The molecule has 1 rings (SSSR count). The van der Waals surface area contributed by atoms with Gasteiger partial charge in [0, 0.05) is 12.6 Å². The maximum Gasteiger partial charge on any atom is 0.0509 e. The minimum Gasteiger partial charge on any atom is -0.247 e. The van der Waals surface area contributed by atoms with Crippen LogP contribution in [0, 0.1) is 0 Å². The van der Waals surface area contributed by atoms with Gasteiger partial charge < -0.3 is 0 Å². The number of thiol groups is 1. The van der Waals surface area contributed by atoms with Gasteiger partial charge in [0.05, 0.1) is 5.08 Å². The van der Waals surface area contributed by atoms with Crippen LogP contribution in [-0.4, -0.2) is 22.0 Å². The zero-order valence-corrected chi connectivity index (χ0v) is 9.54. The van der Waals surface area contributed by atoms with Crippen LogP contribution in [0.25, 0.3) is 0 Å². The van der Waals surface area contributed by atoms with Crippen molar-refractivity contribution < 1.29 is 0 Å². The second-order valence-corrected chi connectivity index (χ2v) is 5.04. The topological polar surface area (TPSA) is 3.24 Å². The molecule has 0 N–H and O–H groups in total. The molecule has 1 fully saturated rings. The molecule has 0 unspecified atom stereocenters. The molecule has 0 atom stereocenters. The van der Waals surface area contributed by atoms with Crippen molar-refractivity contribution >= 4 is 24.6 Å². The van der Waals surface area contributed by atoms with Crippen molar-refractivity contribution in [2.75, 3.05) is 11.6 Å². The molecule has 1 nitrogen and oxygen atoms in total. The highest BCUT2D eigenvalue weighted by atomic mass is 32.2. The quantitative estimate of drug-likeness (QED) is 0.426. The zero-order valence-electron chi connectivity index (χ0n) is 7.83. The van der Waals surface area contributed by atoms with E-state index >= 15 is 0 Å². The molecule has 0 aliphatic heterocycles. The van der Waals surface area contributed by atoms with E-state index in [1.165, 1.54) is 32.1 Å². The summed E-state index contributed by atoms with van der Waals surface area (Å²) in [6.07, 6.45) is 7.09. The molecule has 0 heterocycles. The molecule has 1 saturated carbocycles. The maximum atomic E-state index is 4.25. The summed E-state index contributed by atoms with van der Waals surface area (Å²) in [6.45, 7) is 3.40. The van der Waals surface area contributed by atoms with Crippen molar-refractivity contribution in [1.82, 2.24) is 4.31 Å². The Labute approximate surface area is 85.8 Å². The van der Waals surface area contributed by atoms with E-state index in [9.17, 15) is 0 Å². The molecule has 0 bridgehead atoms. The third kappa shape index (κ3) is 3.19. The molecule has 12 heavy (non-hydrogen) atoms. The monoisotopic (exact) mass is 205 g/mol. The van der Waals surface area contributed by atoms with Crippen molar-refractivity contribution in [3.63, 3.8) is 0 Å². The van der Waals surface area contributed by atoms with E-state index < -0.39 is 0 Å². The summed E-state index contributed by atoms with van der Waals surface area (Å²) in [4.78, 5) is 0. The lowest BCUT2D eigenvalue weighted by atomic mass is 9.95. The fourth-order valence-corrected chi connectivity index (χ4v) is 3.10. The van der Waals surface area contributed by atoms with Gasteiger partial charge in [0.2, 0.25) is 0 Å². The lowest BCUT2D eigenvalue weighted by molar-refractivity contribution is 0.281. The molecule has 72 valence electrons. The van der Waals surface area contributed by atoms with E-state index in [0.29, 0.717) is 0 Å². The molecule has 0 aromatic rings. The molecular formula is C9H19NS2. The number of hydrogen-bond acceptors (Lipinski definition) is 3. The highest BCUT2D eigenvalue weighted by Crippen LogP contribution is 2.27. The maximum absolute atomic E-state index is 4.25. The van der Waals surface area contributed by atoms with E-state index in [1.807, 2.05) is 11.9 Å². The van der Waals surface area contributed by atoms with Crippen molar-refractivity contribution in [2.24, 2.45) is 0 Å². The van der Waals surface area contributed by atoms with E-state index in [1.54, 1.807) is 0 Å². The predicted molar refractivity (Wildman–Crippen MR) is 60.7 cm³/mol. The van der Waals surface area contributed by atoms with Crippen molar-refractivity contribution in [1.29, 1.82) is 0 Å². The predicted octanol–water partition coefficient (Wildman–Crippen LogP) is 3.18. The fourth-order valence-electron chi connectivity index (χ4n) is 1.90. The largest absolute Gasteiger partial charge is 0.247 e. The summed E-state index contributed by atoms with van der Waals surface area (Å²) in [5, 5.41) is 0.921. The smallest absolute Gasteiger partial charge is 0.0509 e. The Bertz CT molecular complexity index is 110. The summed E-state index contributed by atoms with van der Waals surface area (Å²) >= 11 is 6.14. The van der Waals surface area contributed by atoms with E-state index in [4.69, 9.17) is 0 Å². The second-order valence-electron chi connectivity index (χ2n) is 3.28. The van der Waals surface area contributed by atoms with Crippen LogP contribution in [-0.2, 0) is 0 Å². The van der Waals surface area contributed by atoms with Crippen LogP contribution in [0.1, 0.15) is 39.0 Å². The van der Waals surface area contributed by atoms with E-state index in [-0.39, 0.29) is 0 Å². The van der Waals surface area contributed by atoms with Crippen LogP contribution in [0.15, 0.2) is 0 Å². The number of rotatable bonds is 4. The number of nitrogens with zero attached hydrogens (tertiary/aromatic N) is 1. The second kappa shape index (κ2) is 6.17. The Morgan fingerprint density at radius 1 is 1.33 bits per heavy atom. The lowest BCUT2D eigenvalue weighted by Crippen LogP contribution is -2.31. The molecule has 0 radical (unpaired) electrons. The first-order chi connectivity index (χ1) is 5.88. The number of hydrogen-bond donors (Lipinski definition) is 1. The Hall–Kier alpha value is 0.660. The Morgan fingerprint density at radius 3 is 2.50 bits per heavy atom. The first-order valence-corrected chi connectivity index (χ1v) is 6.46. The highest BCUT2D eigenvalue weighted by Gasteiger charge is 2.19. The van der Waals surface area contributed by atoms with Gasteiger partial charge in [-0.05, 0) is 12.8 Å². The summed E-state index contributed by atoms with van der Waals surface area (Å²) in [5.74, 6) is 0. The molecule has 0 aromatic carbocycles. The average molecular weight is 205 g/mol. The fraction of sp³-hybridized carbons (Fsp3) is 1.00. The van der Waals surface area contributed by atoms with Gasteiger partial charge in [-0.15, -0.1) is 0 Å². The molecule has 0 saturated heterocycles. The molecular weight excluding hydrogens is 186 g/mol. The van der Waals surface area contributed by atoms with E-state index in [2.05, 4.69) is 23.9 Å². The minimum atomic E-state index is 0.834. The van der Waals surface area contributed by atoms with Gasteiger partial charge >= 0.3 is 0 Å². The molecule has 0 aromatic heterocycles. The van der Waals surface area contributed by atoms with Gasteiger partial charge in [-0.1, -0.05) is 38.1 Å². The summed E-state index contributed by atoms with van der Waals surface area (Å²) < 4.78 is 2.51. The standard InChI is InChI=1S/C9H19NS2/c1-2-10(12-8-11)9-6-4-3-5-7-9/h9,11H,2-8H2,1H3. The Morgan fingerprint density at radius 2 is 2.00 bits per heavy atom. The third-order valence-corrected chi connectivity index (χ3v) is 3.87. The normalized spacial score (nSPS) is 20.2. The van der Waals surface area contributed by atoms with Gasteiger partial charge in [0.15, 0.2) is 0 Å². The van der Waals surface area contributed by atoms with Gasteiger partial charge in [0.1, 0.15) is 0 Å². The van der Waals surface area contributed by atoms with Crippen molar-refractivity contribution in [2.45, 2.75) is 45.1 Å². The SMILES string of the molecule is CCN(SCS)C1CCCCC1. The van der Waals surface area contributed by atoms with Gasteiger partial charge in [-0.25, -0.2) is 4.31 Å². The lowest BCUT2D eigenvalue weighted by Gasteiger charge is -2.31. The molecule has 1 aliphatic rings. The molecule has 0 amide bonds. The van der Waals surface area contributed by atoms with Crippen molar-refractivity contribution in [3.05, 3.63) is 0 Å². The Kier molecular flexibility index (Phi) is 5.52. The zero-order chi connectivity index (χ0) is 8.81. The minimum absolute atomic E-state index is 0.834. The van der Waals surface area contributed by atoms with Crippen molar-refractivity contribution in [3.8, 4) is 0 Å². The van der Waals surface area contributed by atoms with Crippen LogP contribution in [0.4, 0.5) is 0 Å². The van der Waals surface area contributed by atoms with Crippen LogP contribution < -0.4 is 0 Å². The summed E-state index contributed by atoms with van der Waals surface area (Å²) in [5.41, 5.74) is 0. The summed E-state index contributed by atoms with van der Waals surface area (Å²) in [6, 6.07) is 0.834. The van der Waals surface area contributed by atoms with Gasteiger partial charge in [0.25, 0.3) is 0 Å². The van der Waals surface area contributed by atoms with Gasteiger partial charge in [-0.2, -0.15) is 12.6 Å². The van der Waals surface area contributed by atoms with Crippen LogP contribution in [0.3, 0.4) is 0 Å². The molecule has 0 spiro atoms. The van der Waals surface area contributed by atoms with Gasteiger partial charge in [-0.3, -0.25) is 0 Å².